The van der Waals surface area contributed by atoms with Crippen molar-refractivity contribution in [3.05, 3.63) is 35.4 Å². The summed E-state index contributed by atoms with van der Waals surface area (Å²) in [7, 11) is 4.22. The summed E-state index contributed by atoms with van der Waals surface area (Å²) < 4.78 is 0. The number of guanidine groups is 1. The van der Waals surface area contributed by atoms with Gasteiger partial charge in [-0.25, -0.2) is 0 Å². The zero-order valence-corrected chi connectivity index (χ0v) is 16.9. The van der Waals surface area contributed by atoms with Crippen molar-refractivity contribution in [2.24, 2.45) is 4.99 Å². The van der Waals surface area contributed by atoms with Crippen molar-refractivity contribution in [2.75, 3.05) is 40.3 Å². The highest BCUT2D eigenvalue weighted by Gasteiger charge is 2.07. The van der Waals surface area contributed by atoms with Crippen molar-refractivity contribution in [1.29, 1.82) is 0 Å². The van der Waals surface area contributed by atoms with E-state index in [1.165, 1.54) is 11.1 Å². The Balaban J connectivity index is 0.00000441. The van der Waals surface area contributed by atoms with Gasteiger partial charge in [-0.2, -0.15) is 0 Å². The monoisotopic (exact) mass is 418 g/mol. The van der Waals surface area contributed by atoms with E-state index in [4.69, 9.17) is 4.99 Å². The molecule has 0 heterocycles. The first kappa shape index (κ1) is 21.2. The van der Waals surface area contributed by atoms with E-state index in [9.17, 15) is 0 Å². The van der Waals surface area contributed by atoms with Gasteiger partial charge in [0.1, 0.15) is 0 Å². The topological polar surface area (TPSA) is 30.9 Å². The highest BCUT2D eigenvalue weighted by molar-refractivity contribution is 14.0. The van der Waals surface area contributed by atoms with E-state index in [0.717, 1.165) is 38.7 Å². The molecule has 126 valence electrons. The normalized spacial score (nSPS) is 11.3. The zero-order valence-electron chi connectivity index (χ0n) is 14.6. The zero-order chi connectivity index (χ0) is 15.7. The molecule has 1 aromatic rings. The van der Waals surface area contributed by atoms with Crippen LogP contribution in [0.4, 0.5) is 0 Å². The maximum Gasteiger partial charge on any atom is 0.194 e. The van der Waals surface area contributed by atoms with E-state index in [-0.39, 0.29) is 24.0 Å². The molecule has 0 radical (unpaired) electrons. The molecule has 0 spiro atoms. The molecule has 22 heavy (non-hydrogen) atoms. The molecule has 0 saturated heterocycles. The average Bonchev–Trinajstić information content (AvgIpc) is 2.48. The van der Waals surface area contributed by atoms with Crippen LogP contribution in [0, 0.1) is 6.92 Å². The maximum atomic E-state index is 4.72. The number of hydrogen-bond donors (Lipinski definition) is 1. The Labute approximate surface area is 153 Å². The number of hydrogen-bond acceptors (Lipinski definition) is 2. The lowest BCUT2D eigenvalue weighted by Gasteiger charge is -2.23. The second kappa shape index (κ2) is 11.7. The van der Waals surface area contributed by atoms with Crippen molar-refractivity contribution < 1.29 is 0 Å². The van der Waals surface area contributed by atoms with Gasteiger partial charge in [-0.05, 0) is 38.6 Å². The molecule has 1 rings (SSSR count). The van der Waals surface area contributed by atoms with Crippen LogP contribution in [0.25, 0.3) is 0 Å². The lowest BCUT2D eigenvalue weighted by atomic mass is 10.1. The predicted octanol–water partition coefficient (Wildman–Crippen LogP) is 2.96. The van der Waals surface area contributed by atoms with Crippen LogP contribution in [-0.4, -0.2) is 56.0 Å². The quantitative estimate of drug-likeness (QED) is 0.420. The number of halogens is 1. The van der Waals surface area contributed by atoms with Gasteiger partial charge in [-0.3, -0.25) is 4.99 Å². The summed E-state index contributed by atoms with van der Waals surface area (Å²) in [6, 6.07) is 8.51. The SMILES string of the molecule is CCNC(=NCCN(C)CC)N(C)Cc1ccccc1C.I. The van der Waals surface area contributed by atoms with Crippen molar-refractivity contribution in [3.63, 3.8) is 0 Å². The van der Waals surface area contributed by atoms with Gasteiger partial charge in [0.25, 0.3) is 0 Å². The van der Waals surface area contributed by atoms with Crippen LogP contribution < -0.4 is 5.32 Å². The molecule has 0 unspecified atom stereocenters. The molecule has 0 amide bonds. The fraction of sp³-hybridized carbons (Fsp3) is 0.588. The van der Waals surface area contributed by atoms with Gasteiger partial charge in [-0.15, -0.1) is 24.0 Å². The Kier molecular flexibility index (Phi) is 11.3. The van der Waals surface area contributed by atoms with Gasteiger partial charge in [0, 0.05) is 26.7 Å². The molecule has 0 aliphatic heterocycles. The number of rotatable bonds is 7. The molecule has 1 aromatic carbocycles. The van der Waals surface area contributed by atoms with Crippen molar-refractivity contribution >= 4 is 29.9 Å². The molecule has 1 N–H and O–H groups in total. The van der Waals surface area contributed by atoms with E-state index < -0.39 is 0 Å². The van der Waals surface area contributed by atoms with Gasteiger partial charge in [-0.1, -0.05) is 31.2 Å². The Morgan fingerprint density at radius 3 is 2.45 bits per heavy atom. The summed E-state index contributed by atoms with van der Waals surface area (Å²) in [4.78, 5) is 9.18. The second-order valence-corrected chi connectivity index (χ2v) is 5.41. The van der Waals surface area contributed by atoms with Crippen LogP contribution in [0.5, 0.6) is 0 Å². The van der Waals surface area contributed by atoms with Crippen LogP contribution in [0.3, 0.4) is 0 Å². The molecule has 0 aliphatic rings. The molecule has 0 saturated carbocycles. The first-order chi connectivity index (χ1) is 10.1. The molecule has 0 fully saturated rings. The Hall–Kier alpha value is -0.820. The summed E-state index contributed by atoms with van der Waals surface area (Å²) in [5.41, 5.74) is 2.67. The van der Waals surface area contributed by atoms with Crippen LogP contribution >= 0.6 is 24.0 Å². The van der Waals surface area contributed by atoms with E-state index in [0.29, 0.717) is 0 Å². The lowest BCUT2D eigenvalue weighted by molar-refractivity contribution is 0.361. The van der Waals surface area contributed by atoms with Gasteiger partial charge in [0.15, 0.2) is 5.96 Å². The van der Waals surface area contributed by atoms with Crippen LogP contribution in [0.1, 0.15) is 25.0 Å². The Bertz CT molecular complexity index is 448. The third-order valence-corrected chi connectivity index (χ3v) is 3.65. The third kappa shape index (κ3) is 7.45. The fourth-order valence-electron chi connectivity index (χ4n) is 2.07. The van der Waals surface area contributed by atoms with Gasteiger partial charge in [0.05, 0.1) is 6.54 Å². The number of likely N-dealkylation sites (N-methyl/N-ethyl adjacent to an activating group) is 1. The third-order valence-electron chi connectivity index (χ3n) is 3.65. The summed E-state index contributed by atoms with van der Waals surface area (Å²) >= 11 is 0. The van der Waals surface area contributed by atoms with E-state index in [1.54, 1.807) is 0 Å². The minimum Gasteiger partial charge on any atom is -0.357 e. The van der Waals surface area contributed by atoms with Crippen LogP contribution in [0.15, 0.2) is 29.3 Å². The number of benzene rings is 1. The highest BCUT2D eigenvalue weighted by atomic mass is 127. The lowest BCUT2D eigenvalue weighted by Crippen LogP contribution is -2.39. The van der Waals surface area contributed by atoms with Crippen molar-refractivity contribution in [3.8, 4) is 0 Å². The molecule has 0 aliphatic carbocycles. The minimum atomic E-state index is 0. The second-order valence-electron chi connectivity index (χ2n) is 5.41. The van der Waals surface area contributed by atoms with Gasteiger partial charge < -0.3 is 15.1 Å². The van der Waals surface area contributed by atoms with Crippen LogP contribution in [-0.2, 0) is 6.54 Å². The number of aryl methyl sites for hydroxylation is 1. The average molecular weight is 418 g/mol. The molecule has 0 aromatic heterocycles. The summed E-state index contributed by atoms with van der Waals surface area (Å²) in [6.07, 6.45) is 0. The number of nitrogens with zero attached hydrogens (tertiary/aromatic N) is 3. The number of aliphatic imine (C=N–C) groups is 1. The van der Waals surface area contributed by atoms with Gasteiger partial charge >= 0.3 is 0 Å². The van der Waals surface area contributed by atoms with Gasteiger partial charge in [0.2, 0.25) is 0 Å². The summed E-state index contributed by atoms with van der Waals surface area (Å²) in [5.74, 6) is 0.977. The first-order valence-corrected chi connectivity index (χ1v) is 7.81. The molecule has 5 heteroatoms. The Morgan fingerprint density at radius 1 is 1.18 bits per heavy atom. The molecule has 0 bridgehead atoms. The van der Waals surface area contributed by atoms with Crippen molar-refractivity contribution in [1.82, 2.24) is 15.1 Å². The first-order valence-electron chi connectivity index (χ1n) is 7.81. The van der Waals surface area contributed by atoms with Crippen LogP contribution in [0.2, 0.25) is 0 Å². The molecule has 0 atom stereocenters. The van der Waals surface area contributed by atoms with E-state index >= 15 is 0 Å². The minimum absolute atomic E-state index is 0. The largest absolute Gasteiger partial charge is 0.357 e. The summed E-state index contributed by atoms with van der Waals surface area (Å²) in [6.45, 7) is 11.1. The fourth-order valence-corrected chi connectivity index (χ4v) is 2.07. The van der Waals surface area contributed by atoms with Crippen molar-refractivity contribution in [2.45, 2.75) is 27.3 Å². The number of nitrogens with one attached hydrogen (secondary N) is 1. The molecule has 4 nitrogen and oxygen atoms in total. The molecular formula is C17H31IN4. The standard InChI is InChI=1S/C17H30N4.HI/c1-6-18-17(19-12-13-20(4)7-2)21(5)14-16-11-9-8-10-15(16)3;/h8-11H,6-7,12-14H2,1-5H3,(H,18,19);1H. The maximum absolute atomic E-state index is 4.72. The smallest absolute Gasteiger partial charge is 0.194 e. The predicted molar refractivity (Wildman–Crippen MR) is 107 cm³/mol. The van der Waals surface area contributed by atoms with E-state index in [2.05, 4.69) is 74.2 Å². The van der Waals surface area contributed by atoms with E-state index in [1.807, 2.05) is 0 Å². The summed E-state index contributed by atoms with van der Waals surface area (Å²) in [5, 5.41) is 3.37. The Morgan fingerprint density at radius 2 is 1.86 bits per heavy atom. The highest BCUT2D eigenvalue weighted by Crippen LogP contribution is 2.09. The molecular weight excluding hydrogens is 387 g/mol.